The van der Waals surface area contributed by atoms with Gasteiger partial charge in [0.1, 0.15) is 11.6 Å². The predicted molar refractivity (Wildman–Crippen MR) is 164 cm³/mol. The topological polar surface area (TPSA) is 111 Å². The van der Waals surface area contributed by atoms with Gasteiger partial charge in [-0.3, -0.25) is 9.68 Å². The summed E-state index contributed by atoms with van der Waals surface area (Å²) in [4.78, 5) is 30.5. The minimum Gasteiger partial charge on any atom is -0.297 e. The van der Waals surface area contributed by atoms with E-state index in [1.54, 1.807) is 9.44 Å². The average Bonchev–Trinajstić information content (AvgIpc) is 3.00. The van der Waals surface area contributed by atoms with Crippen molar-refractivity contribution in [2.24, 2.45) is 0 Å². The summed E-state index contributed by atoms with van der Waals surface area (Å²) in [7, 11) is -4.95. The maximum absolute atomic E-state index is 14.9. The van der Waals surface area contributed by atoms with Crippen LogP contribution in [0.3, 0.4) is 0 Å². The summed E-state index contributed by atoms with van der Waals surface area (Å²) >= 11 is 0. The number of carbonyl (C=O) groups excluding carboxylic acids is 2. The molecule has 2 N–H and O–H groups in total. The van der Waals surface area contributed by atoms with E-state index in [1.165, 1.54) is 48.5 Å². The third-order valence-corrected chi connectivity index (χ3v) is 9.79. The summed E-state index contributed by atoms with van der Waals surface area (Å²) in [5.74, 6) is -15.0. The van der Waals surface area contributed by atoms with Crippen molar-refractivity contribution < 1.29 is 71.7 Å². The van der Waals surface area contributed by atoms with Gasteiger partial charge in [-0.05, 0) is 60.6 Å². The lowest BCUT2D eigenvalue weighted by molar-refractivity contribution is -0.296. The number of hydrogen-bond donors (Lipinski definition) is 2. The van der Waals surface area contributed by atoms with Crippen LogP contribution in [0.15, 0.2) is 48.5 Å². The molecule has 0 saturated carbocycles. The van der Waals surface area contributed by atoms with Gasteiger partial charge in [0, 0.05) is 11.1 Å². The number of hydrogen-bond acceptors (Lipinski definition) is 6. The van der Waals surface area contributed by atoms with Crippen LogP contribution >= 0.6 is 0 Å². The van der Waals surface area contributed by atoms with Crippen LogP contribution in [0.5, 0.6) is 0 Å². The first kappa shape index (κ1) is 45.1. The van der Waals surface area contributed by atoms with Crippen LogP contribution in [0.2, 0.25) is 0 Å². The maximum atomic E-state index is 14.9. The Labute approximate surface area is 286 Å². The van der Waals surface area contributed by atoms with Crippen molar-refractivity contribution in [3.63, 3.8) is 0 Å². The number of rotatable bonds is 14. The molecule has 2 rings (SSSR count). The number of aldehydes is 1. The first-order valence-corrected chi connectivity index (χ1v) is 16.5. The highest BCUT2D eigenvalue weighted by Crippen LogP contribution is 2.46. The molecule has 0 aliphatic heterocycles. The maximum Gasteiger partial charge on any atom is 0.413 e. The van der Waals surface area contributed by atoms with Crippen LogP contribution in [0.1, 0.15) is 59.6 Å². The Bertz CT molecular complexity index is 1520. The van der Waals surface area contributed by atoms with Crippen LogP contribution < -0.4 is 9.44 Å². The molecule has 284 valence electrons. The Kier molecular flexibility index (Phi) is 15.4. The molecular formula is C30H36F10N2O6S2. The summed E-state index contributed by atoms with van der Waals surface area (Å²) < 4.78 is 167. The molecule has 0 amide bonds. The molecule has 4 atom stereocenters. The van der Waals surface area contributed by atoms with Crippen LogP contribution in [-0.4, -0.2) is 61.5 Å². The van der Waals surface area contributed by atoms with Crippen molar-refractivity contribution in [3.05, 3.63) is 71.3 Å². The van der Waals surface area contributed by atoms with Gasteiger partial charge in [-0.25, -0.2) is 49.0 Å². The Morgan fingerprint density at radius 2 is 1.10 bits per heavy atom. The van der Waals surface area contributed by atoms with Gasteiger partial charge < -0.3 is 0 Å². The fourth-order valence-electron chi connectivity index (χ4n) is 3.78. The van der Waals surface area contributed by atoms with Gasteiger partial charge in [0.25, 0.3) is 12.9 Å². The largest absolute Gasteiger partial charge is 0.413 e. The fourth-order valence-corrected chi connectivity index (χ4v) is 5.64. The van der Waals surface area contributed by atoms with Crippen LogP contribution in [0, 0.1) is 11.6 Å². The molecule has 0 unspecified atom stereocenters. The Morgan fingerprint density at radius 3 is 1.42 bits per heavy atom. The number of halogens is 10. The molecule has 0 radical (unpaired) electrons. The van der Waals surface area contributed by atoms with Crippen molar-refractivity contribution in [1.29, 1.82) is 0 Å². The number of carbonyl (C=O) groups is 2. The lowest BCUT2D eigenvalue weighted by Gasteiger charge is -2.39. The van der Waals surface area contributed by atoms with E-state index in [0.717, 1.165) is 24.3 Å². The van der Waals surface area contributed by atoms with Crippen LogP contribution in [0.25, 0.3) is 0 Å². The molecule has 50 heavy (non-hydrogen) atoms. The first-order chi connectivity index (χ1) is 22.7. The monoisotopic (exact) mass is 774 g/mol. The van der Waals surface area contributed by atoms with E-state index in [0.29, 0.717) is 24.3 Å². The molecule has 0 aromatic heterocycles. The second kappa shape index (κ2) is 17.1. The zero-order chi connectivity index (χ0) is 39.1. The van der Waals surface area contributed by atoms with E-state index in [4.69, 9.17) is 0 Å². The van der Waals surface area contributed by atoms with E-state index >= 15 is 0 Å². The van der Waals surface area contributed by atoms with E-state index in [1.807, 2.05) is 0 Å². The smallest absolute Gasteiger partial charge is 0.297 e. The standard InChI is InChI=1S/C16H20F5NO4S.C14H16F5NO2S/c1-5-25-26-13(23)16(20,21)15(12(18)19,22-27(24)14(2,3)4)10-8-6-7-9-11(10)17;1-12(2,3)23(22)20-14(11(16)17,13(18,19)8-21)9-6-4-5-7-10(9)15/h6-9,12,22H,5H2,1-4H3;4-8,11,20H,1-3H3/t15-,27+;14-,23+/m00/s1. The summed E-state index contributed by atoms with van der Waals surface area (Å²) in [6.45, 7) is 9.01. The zero-order valence-corrected chi connectivity index (χ0v) is 29.2. The zero-order valence-electron chi connectivity index (χ0n) is 27.6. The Hall–Kier alpha value is -2.94. The first-order valence-electron chi connectivity index (χ1n) is 14.2. The number of benzene rings is 2. The molecule has 2 aromatic carbocycles. The van der Waals surface area contributed by atoms with Crippen molar-refractivity contribution >= 4 is 34.2 Å². The van der Waals surface area contributed by atoms with E-state index in [-0.39, 0.29) is 6.61 Å². The van der Waals surface area contributed by atoms with Crippen molar-refractivity contribution in [2.75, 3.05) is 6.61 Å². The molecule has 0 spiro atoms. The molecule has 0 heterocycles. The van der Waals surface area contributed by atoms with Crippen LogP contribution in [-0.2, 0) is 52.4 Å². The molecule has 2 aromatic rings. The van der Waals surface area contributed by atoms with Gasteiger partial charge in [-0.2, -0.15) is 22.4 Å². The highest BCUT2D eigenvalue weighted by Gasteiger charge is 2.69. The second-order valence-electron chi connectivity index (χ2n) is 12.2. The number of alkyl halides is 8. The summed E-state index contributed by atoms with van der Waals surface area (Å²) in [6.07, 6.45) is -8.96. The predicted octanol–water partition coefficient (Wildman–Crippen LogP) is 6.64. The lowest BCUT2D eigenvalue weighted by atomic mass is 9.84. The van der Waals surface area contributed by atoms with E-state index < -0.39 is 102 Å². The molecule has 0 aliphatic rings. The number of nitrogens with one attached hydrogen (secondary N) is 2. The van der Waals surface area contributed by atoms with Gasteiger partial charge in [0.15, 0.2) is 17.4 Å². The van der Waals surface area contributed by atoms with Gasteiger partial charge in [-0.15, -0.1) is 0 Å². The molecule has 0 fully saturated rings. The van der Waals surface area contributed by atoms with Gasteiger partial charge in [0.2, 0.25) is 0 Å². The van der Waals surface area contributed by atoms with Gasteiger partial charge in [-0.1, -0.05) is 36.4 Å². The quantitative estimate of drug-likeness (QED) is 0.0965. The average molecular weight is 775 g/mol. The minimum absolute atomic E-state index is 0.329. The molecule has 0 aliphatic carbocycles. The molecular weight excluding hydrogens is 738 g/mol. The van der Waals surface area contributed by atoms with Crippen LogP contribution in [0.4, 0.5) is 43.9 Å². The molecule has 20 heteroatoms. The SMILES string of the molecule is CC(C)(C)[S@@](=O)N[C@@](c1ccccc1F)(C(F)F)C(F)(F)C=O.CCOOC(=O)C(F)(F)[C@](N[S@](=O)C(C)(C)C)(c1ccccc1F)C(F)F. The van der Waals surface area contributed by atoms with Crippen molar-refractivity contribution in [1.82, 2.24) is 9.44 Å². The highest BCUT2D eigenvalue weighted by atomic mass is 32.2. The third-order valence-electron chi connectivity index (χ3n) is 6.55. The highest BCUT2D eigenvalue weighted by molar-refractivity contribution is 7.84. The van der Waals surface area contributed by atoms with Crippen molar-refractivity contribution in [2.45, 2.75) is 93.7 Å². The molecule has 8 nitrogen and oxygen atoms in total. The molecule has 0 saturated heterocycles. The Morgan fingerprint density at radius 1 is 0.740 bits per heavy atom. The van der Waals surface area contributed by atoms with Gasteiger partial charge >= 0.3 is 17.8 Å². The minimum atomic E-state index is -5.04. The van der Waals surface area contributed by atoms with E-state index in [2.05, 4.69) is 9.78 Å². The normalized spacial score (nSPS) is 16.5. The third kappa shape index (κ3) is 9.48. The van der Waals surface area contributed by atoms with Gasteiger partial charge in [0.05, 0.1) is 38.1 Å². The summed E-state index contributed by atoms with van der Waals surface area (Å²) in [5, 5.41) is 0. The summed E-state index contributed by atoms with van der Waals surface area (Å²) in [6, 6.07) is 7.02. The van der Waals surface area contributed by atoms with Crippen molar-refractivity contribution in [3.8, 4) is 0 Å². The Balaban J connectivity index is 0.000000506. The summed E-state index contributed by atoms with van der Waals surface area (Å²) in [5.41, 5.74) is -10.1. The lowest BCUT2D eigenvalue weighted by Crippen LogP contribution is -2.66. The fraction of sp³-hybridized carbons (Fsp3) is 0.533. The van der Waals surface area contributed by atoms with E-state index in [9.17, 15) is 61.9 Å². The molecule has 0 bridgehead atoms. The second-order valence-corrected chi connectivity index (χ2v) is 16.2.